The molecule has 5 nitrogen and oxygen atoms in total. The van der Waals surface area contributed by atoms with Crippen molar-refractivity contribution in [3.05, 3.63) is 71.7 Å². The van der Waals surface area contributed by atoms with Gasteiger partial charge in [0.15, 0.2) is 0 Å². The summed E-state index contributed by atoms with van der Waals surface area (Å²) in [6, 6.07) is 11.3. The van der Waals surface area contributed by atoms with Crippen molar-refractivity contribution in [2.45, 2.75) is 9.79 Å². The molecule has 0 unspecified atom stereocenters. The van der Waals surface area contributed by atoms with Gasteiger partial charge in [-0.25, -0.2) is 12.8 Å². The number of anilines is 1. The van der Waals surface area contributed by atoms with E-state index in [1.807, 2.05) is 0 Å². The van der Waals surface area contributed by atoms with Gasteiger partial charge >= 0.3 is 0 Å². The number of hydrogen-bond acceptors (Lipinski definition) is 5. The highest BCUT2D eigenvalue weighted by molar-refractivity contribution is 7.99. The van der Waals surface area contributed by atoms with E-state index in [0.717, 1.165) is 30.0 Å². The number of aromatic hydroxyl groups is 1. The highest BCUT2D eigenvalue weighted by atomic mass is 35.5. The molecule has 3 aromatic rings. The maximum Gasteiger partial charge on any atom is 0.261 e. The topological polar surface area (TPSA) is 86.6 Å². The van der Waals surface area contributed by atoms with Crippen LogP contribution < -0.4 is 4.72 Å². The zero-order valence-corrected chi connectivity index (χ0v) is 16.7. The second-order valence-corrected chi connectivity index (χ2v) is 8.96. The number of thioether (sulfide) groups is 1. The molecule has 0 fully saturated rings. The lowest BCUT2D eigenvalue weighted by atomic mass is 10.1. The van der Waals surface area contributed by atoms with Crippen molar-refractivity contribution in [1.29, 1.82) is 0 Å². The minimum absolute atomic E-state index is 0.0328. The van der Waals surface area contributed by atoms with Crippen LogP contribution in [-0.2, 0) is 10.0 Å². The van der Waals surface area contributed by atoms with E-state index >= 15 is 0 Å². The van der Waals surface area contributed by atoms with Crippen molar-refractivity contribution in [3.63, 3.8) is 0 Å². The number of aliphatic hydroxyl groups excluding tert-OH is 1. The Labute approximate surface area is 170 Å². The van der Waals surface area contributed by atoms with Crippen LogP contribution in [-0.4, -0.2) is 24.4 Å². The van der Waals surface area contributed by atoms with E-state index in [1.165, 1.54) is 6.07 Å². The first-order valence-corrected chi connectivity index (χ1v) is 10.8. The molecule has 3 N–H and O–H groups in total. The van der Waals surface area contributed by atoms with E-state index in [2.05, 4.69) is 11.3 Å². The molecule has 0 saturated heterocycles. The fraction of sp³-hybridized carbons (Fsp3) is 0.0526. The fourth-order valence-electron chi connectivity index (χ4n) is 2.54. The third kappa shape index (κ3) is 4.19. The van der Waals surface area contributed by atoms with Crippen LogP contribution in [0.3, 0.4) is 0 Å². The van der Waals surface area contributed by atoms with Crippen LogP contribution in [0.5, 0.6) is 5.75 Å². The van der Waals surface area contributed by atoms with Gasteiger partial charge in [-0.15, -0.1) is 11.8 Å². The van der Waals surface area contributed by atoms with Crippen LogP contribution in [0.1, 0.15) is 0 Å². The molecule has 0 aliphatic heterocycles. The molecule has 9 heteroatoms. The van der Waals surface area contributed by atoms with Crippen LogP contribution in [0.2, 0.25) is 5.02 Å². The highest BCUT2D eigenvalue weighted by Crippen LogP contribution is 2.40. The van der Waals surface area contributed by atoms with Crippen molar-refractivity contribution in [3.8, 4) is 5.75 Å². The van der Waals surface area contributed by atoms with Crippen LogP contribution >= 0.6 is 23.4 Å². The maximum atomic E-state index is 13.4. The standard InChI is InChI=1S/C19H15ClFNO4S2/c1-11(23)10-27-18-9-17(13-4-2-3-5-14(13)19(18)24)22-28(25,26)12-6-7-16(21)15(20)8-12/h2-9,22-24H,1,10H2. The summed E-state index contributed by atoms with van der Waals surface area (Å²) in [4.78, 5) is 0.165. The average Bonchev–Trinajstić information content (AvgIpc) is 2.65. The SMILES string of the molecule is C=C(O)CSc1cc(NS(=O)(=O)c2ccc(F)c(Cl)c2)c2ccccc2c1O. The lowest BCUT2D eigenvalue weighted by Gasteiger charge is -2.15. The van der Waals surface area contributed by atoms with E-state index in [0.29, 0.717) is 15.7 Å². The molecule has 0 aliphatic rings. The van der Waals surface area contributed by atoms with E-state index in [1.54, 1.807) is 24.3 Å². The average molecular weight is 440 g/mol. The van der Waals surface area contributed by atoms with Crippen molar-refractivity contribution in [2.75, 3.05) is 10.5 Å². The van der Waals surface area contributed by atoms with Crippen molar-refractivity contribution < 1.29 is 23.0 Å². The predicted molar refractivity (Wildman–Crippen MR) is 110 cm³/mol. The summed E-state index contributed by atoms with van der Waals surface area (Å²) in [5.74, 6) is -0.708. The summed E-state index contributed by atoms with van der Waals surface area (Å²) in [5, 5.41) is 20.4. The molecule has 0 amide bonds. The number of sulfonamides is 1. The smallest absolute Gasteiger partial charge is 0.261 e. The first kappa shape index (κ1) is 20.3. The lowest BCUT2D eigenvalue weighted by molar-refractivity contribution is 0.420. The van der Waals surface area contributed by atoms with Crippen molar-refractivity contribution in [1.82, 2.24) is 0 Å². The Balaban J connectivity index is 2.09. The summed E-state index contributed by atoms with van der Waals surface area (Å²) in [7, 11) is -4.06. The third-order valence-electron chi connectivity index (χ3n) is 3.82. The minimum atomic E-state index is -4.06. The summed E-state index contributed by atoms with van der Waals surface area (Å²) >= 11 is 6.80. The van der Waals surface area contributed by atoms with Gasteiger partial charge in [0.2, 0.25) is 0 Å². The van der Waals surface area contributed by atoms with Crippen LogP contribution in [0, 0.1) is 5.82 Å². The first-order chi connectivity index (χ1) is 13.2. The molecule has 0 saturated carbocycles. The molecule has 0 heterocycles. The molecule has 3 aromatic carbocycles. The second-order valence-electron chi connectivity index (χ2n) is 5.85. The summed E-state index contributed by atoms with van der Waals surface area (Å²) in [6.45, 7) is 3.40. The van der Waals surface area contributed by atoms with Gasteiger partial charge in [0.1, 0.15) is 11.6 Å². The minimum Gasteiger partial charge on any atom is -0.512 e. The van der Waals surface area contributed by atoms with E-state index < -0.39 is 15.8 Å². The Morgan fingerprint density at radius 2 is 1.86 bits per heavy atom. The molecule has 0 aromatic heterocycles. The van der Waals surface area contributed by atoms with E-state index in [4.69, 9.17) is 11.6 Å². The number of fused-ring (bicyclic) bond motifs is 1. The Kier molecular flexibility index (Phi) is 5.74. The summed E-state index contributed by atoms with van der Waals surface area (Å²) in [5.41, 5.74) is 0.222. The molecule has 0 spiro atoms. The molecule has 0 atom stereocenters. The predicted octanol–water partition coefficient (Wildman–Crippen LogP) is 5.30. The Bertz CT molecular complexity index is 1180. The molecule has 146 valence electrons. The van der Waals surface area contributed by atoms with Gasteiger partial charge < -0.3 is 10.2 Å². The van der Waals surface area contributed by atoms with Gasteiger partial charge in [-0.05, 0) is 24.3 Å². The molecule has 0 aliphatic carbocycles. The first-order valence-electron chi connectivity index (χ1n) is 7.91. The van der Waals surface area contributed by atoms with Gasteiger partial charge in [-0.1, -0.05) is 42.4 Å². The molecule has 28 heavy (non-hydrogen) atoms. The third-order valence-corrected chi connectivity index (χ3v) is 6.57. The molecule has 0 bridgehead atoms. The number of nitrogens with one attached hydrogen (secondary N) is 1. The van der Waals surface area contributed by atoms with Crippen molar-refractivity contribution in [2.24, 2.45) is 0 Å². The fourth-order valence-corrected chi connectivity index (χ4v) is 4.65. The highest BCUT2D eigenvalue weighted by Gasteiger charge is 2.19. The Hall–Kier alpha value is -2.42. The normalized spacial score (nSPS) is 11.5. The van der Waals surface area contributed by atoms with Gasteiger partial charge in [0.05, 0.1) is 32.0 Å². The van der Waals surface area contributed by atoms with E-state index in [9.17, 15) is 23.0 Å². The Morgan fingerprint density at radius 1 is 1.18 bits per heavy atom. The number of aliphatic hydroxyl groups is 1. The molecule has 3 rings (SSSR count). The Morgan fingerprint density at radius 3 is 2.50 bits per heavy atom. The second kappa shape index (κ2) is 7.90. The van der Waals surface area contributed by atoms with Gasteiger partial charge in [-0.3, -0.25) is 4.72 Å². The zero-order valence-electron chi connectivity index (χ0n) is 14.3. The number of phenols is 1. The number of benzene rings is 3. The van der Waals surface area contributed by atoms with Crippen LogP contribution in [0.15, 0.2) is 70.7 Å². The molecular weight excluding hydrogens is 425 g/mol. The monoisotopic (exact) mass is 439 g/mol. The van der Waals surface area contributed by atoms with Crippen molar-refractivity contribution >= 4 is 49.8 Å². The number of phenolic OH excluding ortho intramolecular Hbond substituents is 1. The van der Waals surface area contributed by atoms with Crippen LogP contribution in [0.25, 0.3) is 10.8 Å². The lowest BCUT2D eigenvalue weighted by Crippen LogP contribution is -2.13. The number of hydrogen-bond donors (Lipinski definition) is 3. The van der Waals surface area contributed by atoms with Gasteiger partial charge in [0.25, 0.3) is 10.0 Å². The summed E-state index contributed by atoms with van der Waals surface area (Å²) in [6.07, 6.45) is 0. The molecular formula is C19H15ClFNO4S2. The largest absolute Gasteiger partial charge is 0.512 e. The van der Waals surface area contributed by atoms with Gasteiger partial charge in [-0.2, -0.15) is 0 Å². The maximum absolute atomic E-state index is 13.4. The van der Waals surface area contributed by atoms with Crippen LogP contribution in [0.4, 0.5) is 10.1 Å². The molecule has 0 radical (unpaired) electrons. The van der Waals surface area contributed by atoms with Gasteiger partial charge in [0, 0.05) is 10.8 Å². The summed E-state index contributed by atoms with van der Waals surface area (Å²) < 4.78 is 41.3. The van der Waals surface area contributed by atoms with E-state index in [-0.39, 0.29) is 32.9 Å². The quantitative estimate of drug-likeness (QED) is 0.275. The number of halogens is 2. The number of rotatable bonds is 6. The zero-order chi connectivity index (χ0) is 20.5.